The van der Waals surface area contributed by atoms with Gasteiger partial charge >= 0.3 is 0 Å². The molecule has 0 saturated heterocycles. The zero-order valence-electron chi connectivity index (χ0n) is 12.0. The molecule has 118 valence electrons. The van der Waals surface area contributed by atoms with Crippen molar-refractivity contribution in [3.8, 4) is 11.2 Å². The molecule has 1 unspecified atom stereocenters. The van der Waals surface area contributed by atoms with Gasteiger partial charge in [-0.25, -0.2) is 0 Å². The second-order valence-electron chi connectivity index (χ2n) is 4.54. The van der Waals surface area contributed by atoms with Crippen molar-refractivity contribution in [1.82, 2.24) is 0 Å². The number of hydrogen-bond donors (Lipinski definition) is 1. The summed E-state index contributed by atoms with van der Waals surface area (Å²) in [6.07, 6.45) is -0.734. The molecule has 1 amide bonds. The highest BCUT2D eigenvalue weighted by molar-refractivity contribution is 8.03. The molecule has 0 saturated carbocycles. The number of benzene rings is 2. The Morgan fingerprint density at radius 3 is 2.57 bits per heavy atom. The number of carbonyl (C=O) groups is 1. The van der Waals surface area contributed by atoms with Gasteiger partial charge in [0, 0.05) is 15.6 Å². The second kappa shape index (κ2) is 8.11. The van der Waals surface area contributed by atoms with E-state index in [9.17, 15) is 4.79 Å². The Balaban J connectivity index is 1.98. The molecule has 1 atom stereocenters. The SMILES string of the molecule is CC(Oc1ccc(Cl)cc1Cl)C(=O)Nc1ccc(SC#N)cc1. The molecule has 4 nitrogen and oxygen atoms in total. The van der Waals surface area contributed by atoms with Crippen LogP contribution >= 0.6 is 35.0 Å². The third-order valence-corrected chi connectivity index (χ3v) is 3.98. The van der Waals surface area contributed by atoms with E-state index in [0.717, 1.165) is 16.7 Å². The van der Waals surface area contributed by atoms with E-state index in [0.29, 0.717) is 21.5 Å². The van der Waals surface area contributed by atoms with Crippen molar-refractivity contribution >= 4 is 46.6 Å². The van der Waals surface area contributed by atoms with Gasteiger partial charge in [-0.1, -0.05) is 23.2 Å². The molecule has 0 radical (unpaired) electrons. The fourth-order valence-electron chi connectivity index (χ4n) is 1.72. The summed E-state index contributed by atoms with van der Waals surface area (Å²) in [6.45, 7) is 1.63. The first-order chi connectivity index (χ1) is 11.0. The summed E-state index contributed by atoms with van der Waals surface area (Å²) in [4.78, 5) is 13.0. The van der Waals surface area contributed by atoms with Gasteiger partial charge in [0.05, 0.1) is 5.02 Å². The summed E-state index contributed by atoms with van der Waals surface area (Å²) in [5.74, 6) is 0.0798. The molecule has 7 heteroatoms. The molecule has 2 aromatic rings. The smallest absolute Gasteiger partial charge is 0.265 e. The Bertz CT molecular complexity index is 745. The molecular weight excluding hydrogens is 355 g/mol. The van der Waals surface area contributed by atoms with E-state index >= 15 is 0 Å². The fourth-order valence-corrected chi connectivity index (χ4v) is 2.55. The lowest BCUT2D eigenvalue weighted by Crippen LogP contribution is -2.30. The number of thioether (sulfide) groups is 1. The van der Waals surface area contributed by atoms with Crippen LogP contribution in [0.1, 0.15) is 6.92 Å². The molecule has 2 rings (SSSR count). The second-order valence-corrected chi connectivity index (χ2v) is 6.24. The minimum Gasteiger partial charge on any atom is -0.479 e. The molecule has 0 aromatic heterocycles. The predicted octanol–water partition coefficient (Wildman–Crippen LogP) is 4.97. The normalized spacial score (nSPS) is 11.4. The minimum absolute atomic E-state index is 0.309. The fraction of sp³-hybridized carbons (Fsp3) is 0.125. The number of anilines is 1. The maximum absolute atomic E-state index is 12.1. The van der Waals surface area contributed by atoms with Gasteiger partial charge in [-0.2, -0.15) is 5.26 Å². The Morgan fingerprint density at radius 2 is 1.96 bits per heavy atom. The van der Waals surface area contributed by atoms with E-state index in [1.165, 1.54) is 0 Å². The number of ether oxygens (including phenoxy) is 1. The molecule has 2 aromatic carbocycles. The topological polar surface area (TPSA) is 62.1 Å². The van der Waals surface area contributed by atoms with Crippen LogP contribution in [0.15, 0.2) is 47.4 Å². The highest BCUT2D eigenvalue weighted by Gasteiger charge is 2.16. The molecular formula is C16H12Cl2N2O2S. The van der Waals surface area contributed by atoms with E-state index in [1.807, 2.05) is 5.40 Å². The van der Waals surface area contributed by atoms with Gasteiger partial charge < -0.3 is 10.1 Å². The first-order valence-corrected chi connectivity index (χ1v) is 8.15. The molecule has 0 bridgehead atoms. The zero-order chi connectivity index (χ0) is 16.8. The van der Waals surface area contributed by atoms with Crippen molar-refractivity contribution in [3.63, 3.8) is 0 Å². The van der Waals surface area contributed by atoms with Crippen LogP contribution < -0.4 is 10.1 Å². The number of nitrogens with one attached hydrogen (secondary N) is 1. The number of rotatable bonds is 5. The van der Waals surface area contributed by atoms with Gasteiger partial charge in [0.15, 0.2) is 6.10 Å². The van der Waals surface area contributed by atoms with Crippen LogP contribution in [0.5, 0.6) is 5.75 Å². The monoisotopic (exact) mass is 366 g/mol. The molecule has 0 aliphatic rings. The summed E-state index contributed by atoms with van der Waals surface area (Å²) < 4.78 is 5.55. The average Bonchev–Trinajstić information content (AvgIpc) is 2.52. The summed E-state index contributed by atoms with van der Waals surface area (Å²) in [5.41, 5.74) is 0.620. The lowest BCUT2D eigenvalue weighted by atomic mass is 10.3. The third kappa shape index (κ3) is 5.07. The largest absolute Gasteiger partial charge is 0.479 e. The van der Waals surface area contributed by atoms with Crippen LogP contribution in [0.4, 0.5) is 5.69 Å². The van der Waals surface area contributed by atoms with E-state index < -0.39 is 6.10 Å². The van der Waals surface area contributed by atoms with Crippen molar-refractivity contribution in [2.75, 3.05) is 5.32 Å². The molecule has 0 spiro atoms. The van der Waals surface area contributed by atoms with Gasteiger partial charge in [-0.15, -0.1) is 0 Å². The van der Waals surface area contributed by atoms with E-state index in [2.05, 4.69) is 5.32 Å². The summed E-state index contributed by atoms with van der Waals surface area (Å²) in [5, 5.41) is 14.2. The van der Waals surface area contributed by atoms with Gasteiger partial charge in [0.1, 0.15) is 11.2 Å². The van der Waals surface area contributed by atoms with Gasteiger partial charge in [0.2, 0.25) is 0 Å². The number of nitriles is 1. The first kappa shape index (κ1) is 17.5. The number of hydrogen-bond acceptors (Lipinski definition) is 4. The van der Waals surface area contributed by atoms with Crippen LogP contribution in [-0.4, -0.2) is 12.0 Å². The van der Waals surface area contributed by atoms with Gasteiger partial charge in [0.25, 0.3) is 5.91 Å². The third-order valence-electron chi connectivity index (χ3n) is 2.85. The van der Waals surface area contributed by atoms with Crippen LogP contribution in [0.2, 0.25) is 10.0 Å². The Kier molecular flexibility index (Phi) is 6.17. The van der Waals surface area contributed by atoms with E-state index in [4.69, 9.17) is 33.2 Å². The number of nitrogens with zero attached hydrogens (tertiary/aromatic N) is 1. The number of amides is 1. The summed E-state index contributed by atoms with van der Waals surface area (Å²) in [7, 11) is 0. The van der Waals surface area contributed by atoms with Gasteiger partial charge in [-0.3, -0.25) is 4.79 Å². The zero-order valence-corrected chi connectivity index (χ0v) is 14.4. The summed E-state index contributed by atoms with van der Waals surface area (Å²) in [6, 6.07) is 11.8. The lowest BCUT2D eigenvalue weighted by Gasteiger charge is -2.15. The maximum atomic E-state index is 12.1. The number of carbonyl (C=O) groups excluding carboxylic acids is 1. The Hall–Kier alpha value is -1.87. The molecule has 0 aliphatic heterocycles. The Morgan fingerprint density at radius 1 is 1.26 bits per heavy atom. The molecule has 1 N–H and O–H groups in total. The lowest BCUT2D eigenvalue weighted by molar-refractivity contribution is -0.122. The maximum Gasteiger partial charge on any atom is 0.265 e. The van der Waals surface area contributed by atoms with E-state index in [1.54, 1.807) is 49.4 Å². The van der Waals surface area contributed by atoms with Gasteiger partial charge in [-0.05, 0) is 61.2 Å². The van der Waals surface area contributed by atoms with Crippen molar-refractivity contribution in [3.05, 3.63) is 52.5 Å². The van der Waals surface area contributed by atoms with E-state index in [-0.39, 0.29) is 5.91 Å². The van der Waals surface area contributed by atoms with Crippen LogP contribution in [0, 0.1) is 10.7 Å². The first-order valence-electron chi connectivity index (χ1n) is 6.58. The molecule has 0 aliphatic carbocycles. The summed E-state index contributed by atoms with van der Waals surface area (Å²) >= 11 is 12.9. The molecule has 0 fully saturated rings. The van der Waals surface area contributed by atoms with Crippen LogP contribution in [0.25, 0.3) is 0 Å². The van der Waals surface area contributed by atoms with Crippen molar-refractivity contribution in [2.45, 2.75) is 17.9 Å². The van der Waals surface area contributed by atoms with Crippen molar-refractivity contribution in [1.29, 1.82) is 5.26 Å². The van der Waals surface area contributed by atoms with Crippen LogP contribution in [0.3, 0.4) is 0 Å². The molecule has 0 heterocycles. The van der Waals surface area contributed by atoms with Crippen LogP contribution in [-0.2, 0) is 4.79 Å². The predicted molar refractivity (Wildman–Crippen MR) is 93.1 cm³/mol. The Labute approximate surface area is 148 Å². The molecule has 23 heavy (non-hydrogen) atoms. The highest BCUT2D eigenvalue weighted by Crippen LogP contribution is 2.28. The number of thiocyanates is 1. The standard InChI is InChI=1S/C16H12Cl2N2O2S/c1-10(22-15-7-2-11(17)8-14(15)18)16(21)20-12-3-5-13(6-4-12)23-9-19/h2-8,10H,1H3,(H,20,21). The average molecular weight is 367 g/mol. The van der Waals surface area contributed by atoms with Crippen molar-refractivity contribution < 1.29 is 9.53 Å². The highest BCUT2D eigenvalue weighted by atomic mass is 35.5. The minimum atomic E-state index is -0.734. The quantitative estimate of drug-likeness (QED) is 0.599. The number of halogens is 2. The van der Waals surface area contributed by atoms with Crippen molar-refractivity contribution in [2.24, 2.45) is 0 Å².